The van der Waals surface area contributed by atoms with Crippen molar-refractivity contribution in [1.82, 2.24) is 10.3 Å². The summed E-state index contributed by atoms with van der Waals surface area (Å²) in [7, 11) is 1.64. The van der Waals surface area contributed by atoms with Gasteiger partial charge in [0.25, 0.3) is 5.91 Å². The van der Waals surface area contributed by atoms with Crippen molar-refractivity contribution in [2.45, 2.75) is 38.3 Å². The number of anilines is 1. The zero-order valence-electron chi connectivity index (χ0n) is 19.0. The third-order valence-electron chi connectivity index (χ3n) is 6.20. The zero-order valence-corrected chi connectivity index (χ0v) is 20.7. The molecule has 0 bridgehead atoms. The van der Waals surface area contributed by atoms with Gasteiger partial charge in [0.15, 0.2) is 5.13 Å². The number of rotatable bonds is 7. The molecule has 4 aromatic rings. The summed E-state index contributed by atoms with van der Waals surface area (Å²) in [5.74, 6) is 0.533. The van der Waals surface area contributed by atoms with Crippen LogP contribution in [0.5, 0.6) is 5.75 Å². The number of carbonyl (C=O) groups is 1. The molecule has 176 valence electrons. The molecule has 0 spiro atoms. The molecule has 0 aliphatic heterocycles. The molecular weight excluding hydrogens is 466 g/mol. The standard InChI is InChI=1S/C27H27N3O2S.ClH/c1-32-23-16-15-22(19-7-3-2-4-8-19)25-24(23)29-27(33-25)30-26(31)20-13-11-18(12-14-20)17-28-21-9-5-6-10-21;/h2-4,7-8,11-16,21,28H,5-6,9-10,17H2,1H3,(H,29,30,31);1H. The topological polar surface area (TPSA) is 63.2 Å². The Bertz CT molecular complexity index is 1250. The number of aromatic nitrogens is 1. The van der Waals surface area contributed by atoms with Gasteiger partial charge in [-0.25, -0.2) is 4.98 Å². The summed E-state index contributed by atoms with van der Waals surface area (Å²) in [6.45, 7) is 0.840. The van der Waals surface area contributed by atoms with E-state index in [-0.39, 0.29) is 18.3 Å². The Labute approximate surface area is 210 Å². The van der Waals surface area contributed by atoms with Crippen LogP contribution in [0.2, 0.25) is 0 Å². The number of halogens is 1. The fourth-order valence-corrected chi connectivity index (χ4v) is 5.39. The van der Waals surface area contributed by atoms with Gasteiger partial charge in [0.2, 0.25) is 0 Å². The number of methoxy groups -OCH3 is 1. The van der Waals surface area contributed by atoms with Crippen LogP contribution >= 0.6 is 23.7 Å². The highest BCUT2D eigenvalue weighted by molar-refractivity contribution is 7.23. The molecule has 7 heteroatoms. The van der Waals surface area contributed by atoms with Crippen LogP contribution < -0.4 is 15.4 Å². The lowest BCUT2D eigenvalue weighted by Crippen LogP contribution is -2.25. The molecule has 0 saturated heterocycles. The summed E-state index contributed by atoms with van der Waals surface area (Å²) in [6, 6.07) is 22.6. The van der Waals surface area contributed by atoms with Gasteiger partial charge in [-0.1, -0.05) is 66.6 Å². The van der Waals surface area contributed by atoms with Crippen molar-refractivity contribution < 1.29 is 9.53 Å². The molecule has 3 aromatic carbocycles. The Morgan fingerprint density at radius 2 is 1.76 bits per heavy atom. The monoisotopic (exact) mass is 493 g/mol. The highest BCUT2D eigenvalue weighted by Gasteiger charge is 2.17. The van der Waals surface area contributed by atoms with Crippen LogP contribution in [0.4, 0.5) is 5.13 Å². The van der Waals surface area contributed by atoms with Crippen LogP contribution in [0.15, 0.2) is 66.7 Å². The van der Waals surface area contributed by atoms with Crippen molar-refractivity contribution >= 4 is 45.0 Å². The highest BCUT2D eigenvalue weighted by Crippen LogP contribution is 2.39. The molecule has 1 heterocycles. The van der Waals surface area contributed by atoms with Crippen molar-refractivity contribution in [1.29, 1.82) is 0 Å². The average Bonchev–Trinajstić information content (AvgIpc) is 3.53. The van der Waals surface area contributed by atoms with Crippen LogP contribution in [-0.2, 0) is 6.54 Å². The Balaban J connectivity index is 0.00000274. The SMILES string of the molecule is COc1ccc(-c2ccccc2)c2sc(NC(=O)c3ccc(CNC4CCCC4)cc3)nc12.Cl. The highest BCUT2D eigenvalue weighted by atomic mass is 35.5. The van der Waals surface area contributed by atoms with E-state index in [1.807, 2.05) is 54.6 Å². The van der Waals surface area contributed by atoms with Crippen molar-refractivity contribution in [2.75, 3.05) is 12.4 Å². The molecule has 1 saturated carbocycles. The summed E-state index contributed by atoms with van der Waals surface area (Å²) < 4.78 is 6.51. The number of ether oxygens (including phenoxy) is 1. The zero-order chi connectivity index (χ0) is 22.6. The van der Waals surface area contributed by atoms with Gasteiger partial charge in [-0.15, -0.1) is 12.4 Å². The molecule has 1 aromatic heterocycles. The Hall–Kier alpha value is -2.93. The summed E-state index contributed by atoms with van der Waals surface area (Å²) >= 11 is 1.46. The number of nitrogens with one attached hydrogen (secondary N) is 2. The fourth-order valence-electron chi connectivity index (χ4n) is 4.38. The van der Waals surface area contributed by atoms with E-state index in [1.165, 1.54) is 42.6 Å². The maximum Gasteiger partial charge on any atom is 0.257 e. The second kappa shape index (κ2) is 11.0. The number of thiazole rings is 1. The van der Waals surface area contributed by atoms with Crippen molar-refractivity contribution in [3.05, 3.63) is 77.9 Å². The maximum absolute atomic E-state index is 12.9. The van der Waals surface area contributed by atoms with Gasteiger partial charge < -0.3 is 10.1 Å². The quantitative estimate of drug-likeness (QED) is 0.301. The number of fused-ring (bicyclic) bond motifs is 1. The van der Waals surface area contributed by atoms with E-state index < -0.39 is 0 Å². The number of hydrogen-bond acceptors (Lipinski definition) is 5. The maximum atomic E-state index is 12.9. The Morgan fingerprint density at radius 1 is 1.03 bits per heavy atom. The minimum atomic E-state index is -0.162. The van der Waals surface area contributed by atoms with Crippen LogP contribution in [0, 0.1) is 0 Å². The molecule has 0 radical (unpaired) electrons. The lowest BCUT2D eigenvalue weighted by molar-refractivity contribution is 0.102. The molecule has 0 unspecified atom stereocenters. The van der Waals surface area contributed by atoms with E-state index in [0.29, 0.717) is 22.5 Å². The normalized spacial score (nSPS) is 13.6. The smallest absolute Gasteiger partial charge is 0.257 e. The number of nitrogens with zero attached hydrogens (tertiary/aromatic N) is 1. The third-order valence-corrected chi connectivity index (χ3v) is 7.20. The van der Waals surface area contributed by atoms with Crippen molar-refractivity contribution in [3.63, 3.8) is 0 Å². The average molecular weight is 494 g/mol. The van der Waals surface area contributed by atoms with E-state index in [9.17, 15) is 4.79 Å². The Morgan fingerprint density at radius 3 is 2.47 bits per heavy atom. The largest absolute Gasteiger partial charge is 0.494 e. The predicted octanol–water partition coefficient (Wildman–Crippen LogP) is 6.68. The van der Waals surface area contributed by atoms with E-state index in [1.54, 1.807) is 7.11 Å². The van der Waals surface area contributed by atoms with Crippen molar-refractivity contribution in [3.8, 4) is 16.9 Å². The second-order valence-electron chi connectivity index (χ2n) is 8.39. The number of hydrogen-bond donors (Lipinski definition) is 2. The van der Waals surface area contributed by atoms with E-state index >= 15 is 0 Å². The van der Waals surface area contributed by atoms with Gasteiger partial charge in [-0.3, -0.25) is 10.1 Å². The lowest BCUT2D eigenvalue weighted by atomic mass is 10.1. The molecule has 34 heavy (non-hydrogen) atoms. The van der Waals surface area contributed by atoms with Gasteiger partial charge >= 0.3 is 0 Å². The molecule has 1 aliphatic carbocycles. The summed E-state index contributed by atoms with van der Waals surface area (Å²) in [5, 5.41) is 7.14. The van der Waals surface area contributed by atoms with Gasteiger partial charge in [0.1, 0.15) is 11.3 Å². The first kappa shape index (κ1) is 24.2. The summed E-state index contributed by atoms with van der Waals surface area (Å²) in [5.41, 5.74) is 4.74. The minimum absolute atomic E-state index is 0. The van der Waals surface area contributed by atoms with Gasteiger partial charge in [0.05, 0.1) is 11.8 Å². The molecular formula is C27H28ClN3O2S. The van der Waals surface area contributed by atoms with Crippen molar-refractivity contribution in [2.24, 2.45) is 0 Å². The number of benzene rings is 3. The third kappa shape index (κ3) is 5.25. The van der Waals surface area contributed by atoms with E-state index in [0.717, 1.165) is 27.9 Å². The number of amides is 1. The molecule has 1 fully saturated rings. The van der Waals surface area contributed by atoms with Gasteiger partial charge in [0, 0.05) is 23.7 Å². The predicted molar refractivity (Wildman–Crippen MR) is 142 cm³/mol. The number of carbonyl (C=O) groups excluding carboxylic acids is 1. The first-order valence-corrected chi connectivity index (χ1v) is 12.2. The molecule has 2 N–H and O–H groups in total. The first-order chi connectivity index (χ1) is 16.2. The van der Waals surface area contributed by atoms with E-state index in [2.05, 4.69) is 27.8 Å². The molecule has 1 aliphatic rings. The van der Waals surface area contributed by atoms with Crippen LogP contribution in [0.25, 0.3) is 21.3 Å². The molecule has 0 atom stereocenters. The summed E-state index contributed by atoms with van der Waals surface area (Å²) in [6.07, 6.45) is 5.17. The second-order valence-corrected chi connectivity index (χ2v) is 9.39. The van der Waals surface area contributed by atoms with Gasteiger partial charge in [-0.2, -0.15) is 0 Å². The minimum Gasteiger partial charge on any atom is -0.494 e. The Kier molecular flexibility index (Phi) is 7.83. The first-order valence-electron chi connectivity index (χ1n) is 11.4. The van der Waals surface area contributed by atoms with Crippen LogP contribution in [0.1, 0.15) is 41.6 Å². The van der Waals surface area contributed by atoms with Crippen LogP contribution in [0.3, 0.4) is 0 Å². The molecule has 1 amide bonds. The molecule has 5 nitrogen and oxygen atoms in total. The fraction of sp³-hybridized carbons (Fsp3) is 0.259. The van der Waals surface area contributed by atoms with Gasteiger partial charge in [-0.05, 0) is 48.2 Å². The molecule has 5 rings (SSSR count). The van der Waals surface area contributed by atoms with Crippen LogP contribution in [-0.4, -0.2) is 24.0 Å². The summed E-state index contributed by atoms with van der Waals surface area (Å²) in [4.78, 5) is 17.6. The van der Waals surface area contributed by atoms with E-state index in [4.69, 9.17) is 4.74 Å². The lowest BCUT2D eigenvalue weighted by Gasteiger charge is -2.11.